The van der Waals surface area contributed by atoms with E-state index in [1.165, 1.54) is 0 Å². The van der Waals surface area contributed by atoms with E-state index < -0.39 is 0 Å². The summed E-state index contributed by atoms with van der Waals surface area (Å²) in [5.74, 6) is -0.137. The summed E-state index contributed by atoms with van der Waals surface area (Å²) in [5.41, 5.74) is 1.37. The van der Waals surface area contributed by atoms with Crippen LogP contribution in [0.25, 0.3) is 0 Å². The summed E-state index contributed by atoms with van der Waals surface area (Å²) in [6, 6.07) is 3.49. The highest BCUT2D eigenvalue weighted by Gasteiger charge is 2.19. The molecular formula is C7H5ClN2O. The Balaban J connectivity index is 2.60. The van der Waals surface area contributed by atoms with Crippen molar-refractivity contribution in [2.45, 2.75) is 6.54 Å². The number of pyridine rings is 1. The number of hydrogen-bond acceptors (Lipinski definition) is 2. The first-order chi connectivity index (χ1) is 5.27. The Kier molecular flexibility index (Phi) is 1.32. The van der Waals surface area contributed by atoms with Crippen molar-refractivity contribution in [3.05, 3.63) is 28.5 Å². The zero-order valence-electron chi connectivity index (χ0n) is 5.60. The van der Waals surface area contributed by atoms with Crippen LogP contribution in [0, 0.1) is 0 Å². The molecule has 0 radical (unpaired) electrons. The lowest BCUT2D eigenvalue weighted by Gasteiger charge is -1.92. The van der Waals surface area contributed by atoms with E-state index in [0.717, 1.165) is 5.56 Å². The van der Waals surface area contributed by atoms with Crippen LogP contribution in [0.4, 0.5) is 0 Å². The normalized spacial score (nSPS) is 14.5. The molecule has 0 saturated heterocycles. The second-order valence-electron chi connectivity index (χ2n) is 2.32. The fourth-order valence-corrected chi connectivity index (χ4v) is 1.21. The van der Waals surface area contributed by atoms with Gasteiger partial charge in [-0.15, -0.1) is 0 Å². The third-order valence-corrected chi connectivity index (χ3v) is 1.81. The first kappa shape index (κ1) is 6.61. The maximum atomic E-state index is 11.0. The molecular weight excluding hydrogens is 164 g/mol. The van der Waals surface area contributed by atoms with Crippen LogP contribution in [-0.2, 0) is 6.54 Å². The minimum Gasteiger partial charge on any atom is -0.347 e. The average molecular weight is 169 g/mol. The maximum absolute atomic E-state index is 11.0. The Labute approximate surface area is 68.4 Å². The third kappa shape index (κ3) is 0.973. The molecule has 11 heavy (non-hydrogen) atoms. The lowest BCUT2D eigenvalue weighted by Crippen LogP contribution is -2.13. The Morgan fingerprint density at radius 1 is 1.55 bits per heavy atom. The zero-order valence-corrected chi connectivity index (χ0v) is 6.35. The van der Waals surface area contributed by atoms with Crippen LogP contribution >= 0.6 is 11.6 Å². The SMILES string of the molecule is O=C1NCc2ccc(Cl)nc21. The number of rotatable bonds is 0. The number of nitrogens with one attached hydrogen (secondary N) is 1. The molecule has 0 unspecified atom stereocenters. The molecule has 2 heterocycles. The van der Waals surface area contributed by atoms with Gasteiger partial charge in [0.15, 0.2) is 0 Å². The highest BCUT2D eigenvalue weighted by atomic mass is 35.5. The molecule has 0 aliphatic carbocycles. The minimum absolute atomic E-state index is 0.137. The molecule has 0 aromatic carbocycles. The van der Waals surface area contributed by atoms with Gasteiger partial charge in [-0.05, 0) is 6.07 Å². The Morgan fingerprint density at radius 3 is 3.18 bits per heavy atom. The largest absolute Gasteiger partial charge is 0.347 e. The van der Waals surface area contributed by atoms with E-state index in [0.29, 0.717) is 17.4 Å². The molecule has 3 nitrogen and oxygen atoms in total. The van der Waals surface area contributed by atoms with Crippen molar-refractivity contribution in [3.63, 3.8) is 0 Å². The molecule has 1 aromatic heterocycles. The Hall–Kier alpha value is -1.09. The van der Waals surface area contributed by atoms with Gasteiger partial charge in [0, 0.05) is 12.1 Å². The van der Waals surface area contributed by atoms with Crippen molar-refractivity contribution in [3.8, 4) is 0 Å². The van der Waals surface area contributed by atoms with Gasteiger partial charge < -0.3 is 5.32 Å². The van der Waals surface area contributed by atoms with Crippen molar-refractivity contribution in [2.75, 3.05) is 0 Å². The van der Waals surface area contributed by atoms with Crippen LogP contribution in [0.2, 0.25) is 5.15 Å². The van der Waals surface area contributed by atoms with Crippen LogP contribution in [0.5, 0.6) is 0 Å². The van der Waals surface area contributed by atoms with E-state index >= 15 is 0 Å². The topological polar surface area (TPSA) is 42.0 Å². The molecule has 0 saturated carbocycles. The quantitative estimate of drug-likeness (QED) is 0.587. The maximum Gasteiger partial charge on any atom is 0.270 e. The van der Waals surface area contributed by atoms with Crippen molar-refractivity contribution >= 4 is 17.5 Å². The number of carbonyl (C=O) groups is 1. The van der Waals surface area contributed by atoms with Crippen molar-refractivity contribution in [2.24, 2.45) is 0 Å². The summed E-state index contributed by atoms with van der Waals surface area (Å²) in [6.45, 7) is 0.568. The van der Waals surface area contributed by atoms with Crippen molar-refractivity contribution < 1.29 is 4.79 Å². The number of halogens is 1. The summed E-state index contributed by atoms with van der Waals surface area (Å²) in [6.07, 6.45) is 0. The van der Waals surface area contributed by atoms with E-state index in [4.69, 9.17) is 11.6 Å². The van der Waals surface area contributed by atoms with Gasteiger partial charge in [0.2, 0.25) is 0 Å². The minimum atomic E-state index is -0.137. The van der Waals surface area contributed by atoms with E-state index in [1.807, 2.05) is 6.07 Å². The van der Waals surface area contributed by atoms with Gasteiger partial charge in [0.1, 0.15) is 10.8 Å². The predicted octanol–water partition coefficient (Wildman–Crippen LogP) is 0.978. The fourth-order valence-electron chi connectivity index (χ4n) is 1.06. The highest BCUT2D eigenvalue weighted by molar-refractivity contribution is 6.29. The lowest BCUT2D eigenvalue weighted by molar-refractivity contribution is 0.0961. The van der Waals surface area contributed by atoms with Crippen LogP contribution in [-0.4, -0.2) is 10.9 Å². The number of nitrogens with zero attached hydrogens (tertiary/aromatic N) is 1. The van der Waals surface area contributed by atoms with Crippen LogP contribution in [0.15, 0.2) is 12.1 Å². The molecule has 2 rings (SSSR count). The van der Waals surface area contributed by atoms with Crippen LogP contribution in [0.3, 0.4) is 0 Å². The van der Waals surface area contributed by atoms with Gasteiger partial charge in [-0.25, -0.2) is 4.98 Å². The molecule has 0 atom stereocenters. The summed E-state index contributed by atoms with van der Waals surface area (Å²) in [4.78, 5) is 14.9. The summed E-state index contributed by atoms with van der Waals surface area (Å²) < 4.78 is 0. The predicted molar refractivity (Wildman–Crippen MR) is 40.4 cm³/mol. The van der Waals surface area contributed by atoms with Crippen LogP contribution < -0.4 is 5.32 Å². The van der Waals surface area contributed by atoms with Crippen molar-refractivity contribution in [1.82, 2.24) is 10.3 Å². The molecule has 1 amide bonds. The summed E-state index contributed by atoms with van der Waals surface area (Å²) in [7, 11) is 0. The first-order valence-electron chi connectivity index (χ1n) is 3.21. The standard InChI is InChI=1S/C7H5ClN2O/c8-5-2-1-4-3-9-7(11)6(4)10-5/h1-2H,3H2,(H,9,11). The number of fused-ring (bicyclic) bond motifs is 1. The van der Waals surface area contributed by atoms with Crippen LogP contribution in [0.1, 0.15) is 16.1 Å². The molecule has 1 N–H and O–H groups in total. The zero-order chi connectivity index (χ0) is 7.84. The molecule has 1 aliphatic heterocycles. The van der Waals surface area contributed by atoms with Gasteiger partial charge in [-0.3, -0.25) is 4.79 Å². The summed E-state index contributed by atoms with van der Waals surface area (Å²) in [5, 5.41) is 3.01. The molecule has 0 bridgehead atoms. The van der Waals surface area contributed by atoms with Crippen molar-refractivity contribution in [1.29, 1.82) is 0 Å². The number of carbonyl (C=O) groups excluding carboxylic acids is 1. The number of hydrogen-bond donors (Lipinski definition) is 1. The van der Waals surface area contributed by atoms with E-state index in [1.54, 1.807) is 6.07 Å². The number of aromatic nitrogens is 1. The Bertz CT molecular complexity index is 324. The average Bonchev–Trinajstić information content (AvgIpc) is 2.33. The highest BCUT2D eigenvalue weighted by Crippen LogP contribution is 2.15. The molecule has 0 fully saturated rings. The number of amides is 1. The smallest absolute Gasteiger partial charge is 0.270 e. The molecule has 56 valence electrons. The van der Waals surface area contributed by atoms with Gasteiger partial charge in [0.05, 0.1) is 0 Å². The van der Waals surface area contributed by atoms with Gasteiger partial charge in [-0.2, -0.15) is 0 Å². The van der Waals surface area contributed by atoms with Gasteiger partial charge in [0.25, 0.3) is 5.91 Å². The van der Waals surface area contributed by atoms with Gasteiger partial charge in [-0.1, -0.05) is 17.7 Å². The lowest BCUT2D eigenvalue weighted by atomic mass is 10.2. The van der Waals surface area contributed by atoms with E-state index in [2.05, 4.69) is 10.3 Å². The third-order valence-electron chi connectivity index (χ3n) is 1.60. The second kappa shape index (κ2) is 2.20. The fraction of sp³-hybridized carbons (Fsp3) is 0.143. The second-order valence-corrected chi connectivity index (χ2v) is 2.71. The van der Waals surface area contributed by atoms with Gasteiger partial charge >= 0.3 is 0 Å². The first-order valence-corrected chi connectivity index (χ1v) is 3.59. The van der Waals surface area contributed by atoms with E-state index in [9.17, 15) is 4.79 Å². The Morgan fingerprint density at radius 2 is 2.36 bits per heavy atom. The van der Waals surface area contributed by atoms with E-state index in [-0.39, 0.29) is 5.91 Å². The molecule has 0 spiro atoms. The molecule has 1 aromatic rings. The summed E-state index contributed by atoms with van der Waals surface area (Å²) >= 11 is 5.60. The monoisotopic (exact) mass is 168 g/mol. The molecule has 1 aliphatic rings. The molecule has 4 heteroatoms.